The van der Waals surface area contributed by atoms with Crippen LogP contribution in [-0.2, 0) is 22.9 Å². The first-order chi connectivity index (χ1) is 13.5. The van der Waals surface area contributed by atoms with Gasteiger partial charge < -0.3 is 9.47 Å². The molecule has 0 spiro atoms. The molecule has 0 saturated carbocycles. The Labute approximate surface area is 165 Å². The number of rotatable bonds is 7. The van der Waals surface area contributed by atoms with Gasteiger partial charge in [0, 0.05) is 11.5 Å². The fourth-order valence-corrected chi connectivity index (χ4v) is 4.83. The number of sulfonamides is 1. The molecule has 0 saturated heterocycles. The van der Waals surface area contributed by atoms with Crippen molar-refractivity contribution in [3.05, 3.63) is 59.7 Å². The van der Waals surface area contributed by atoms with Crippen LogP contribution in [0.5, 0.6) is 11.5 Å². The van der Waals surface area contributed by atoms with Crippen LogP contribution in [0.4, 0.5) is 5.69 Å². The maximum Gasteiger partial charge on any atom is 0.262 e. The van der Waals surface area contributed by atoms with E-state index in [9.17, 15) is 8.42 Å². The zero-order valence-corrected chi connectivity index (χ0v) is 16.8. The molecule has 146 valence electrons. The molecule has 0 aliphatic heterocycles. The summed E-state index contributed by atoms with van der Waals surface area (Å²) in [6, 6.07) is 14.6. The molecule has 3 aromatic carbocycles. The highest BCUT2D eigenvalue weighted by Crippen LogP contribution is 2.36. The highest BCUT2D eigenvalue weighted by molar-refractivity contribution is 7.92. The summed E-state index contributed by atoms with van der Waals surface area (Å²) >= 11 is 0. The molecular weight excluding hydrogens is 374 g/mol. The SMILES string of the molecule is CCOc1ccc(S(=O)(=O)Nc2ccc3c4c(cccc24)CC3)cc1OCC. The summed E-state index contributed by atoms with van der Waals surface area (Å²) in [7, 11) is -3.77. The quantitative estimate of drug-likeness (QED) is 0.636. The van der Waals surface area contributed by atoms with Gasteiger partial charge >= 0.3 is 0 Å². The Morgan fingerprint density at radius 1 is 0.893 bits per heavy atom. The van der Waals surface area contributed by atoms with Crippen molar-refractivity contribution < 1.29 is 17.9 Å². The highest BCUT2D eigenvalue weighted by Gasteiger charge is 2.21. The third-order valence-corrected chi connectivity index (χ3v) is 6.31. The molecule has 1 aliphatic rings. The van der Waals surface area contributed by atoms with E-state index in [4.69, 9.17) is 9.47 Å². The summed E-state index contributed by atoms with van der Waals surface area (Å²) in [6.07, 6.45) is 2.00. The maximum absolute atomic E-state index is 13.0. The molecule has 0 aromatic heterocycles. The van der Waals surface area contributed by atoms with Gasteiger partial charge in [0.05, 0.1) is 23.8 Å². The number of ether oxygens (including phenoxy) is 2. The molecule has 28 heavy (non-hydrogen) atoms. The second-order valence-corrected chi connectivity index (χ2v) is 8.37. The van der Waals surface area contributed by atoms with Crippen LogP contribution >= 0.6 is 0 Å². The van der Waals surface area contributed by atoms with Crippen molar-refractivity contribution in [3.8, 4) is 11.5 Å². The van der Waals surface area contributed by atoms with Crippen LogP contribution in [0.25, 0.3) is 10.8 Å². The Morgan fingerprint density at radius 3 is 2.36 bits per heavy atom. The number of hydrogen-bond donors (Lipinski definition) is 1. The first-order valence-corrected chi connectivity index (χ1v) is 11.0. The van der Waals surface area contributed by atoms with Crippen molar-refractivity contribution in [3.63, 3.8) is 0 Å². The van der Waals surface area contributed by atoms with E-state index in [2.05, 4.69) is 10.8 Å². The fourth-order valence-electron chi connectivity index (χ4n) is 3.74. The summed E-state index contributed by atoms with van der Waals surface area (Å²) in [5, 5.41) is 2.11. The second kappa shape index (κ2) is 7.36. The lowest BCUT2D eigenvalue weighted by atomic mass is 10.0. The first-order valence-electron chi connectivity index (χ1n) is 9.49. The van der Waals surface area contributed by atoms with Gasteiger partial charge in [0.15, 0.2) is 11.5 Å². The molecule has 3 aromatic rings. The average Bonchev–Trinajstić information content (AvgIpc) is 3.10. The normalized spacial score (nSPS) is 12.9. The van der Waals surface area contributed by atoms with Crippen molar-refractivity contribution in [2.45, 2.75) is 31.6 Å². The molecule has 0 amide bonds. The van der Waals surface area contributed by atoms with E-state index in [1.807, 2.05) is 38.1 Å². The first kappa shape index (κ1) is 18.6. The van der Waals surface area contributed by atoms with E-state index in [-0.39, 0.29) is 4.90 Å². The molecule has 1 N–H and O–H groups in total. The second-order valence-electron chi connectivity index (χ2n) is 6.69. The van der Waals surface area contributed by atoms with Crippen molar-refractivity contribution >= 4 is 26.5 Å². The Bertz CT molecular complexity index is 1130. The van der Waals surface area contributed by atoms with Gasteiger partial charge in [-0.3, -0.25) is 4.72 Å². The van der Waals surface area contributed by atoms with Crippen LogP contribution in [-0.4, -0.2) is 21.6 Å². The van der Waals surface area contributed by atoms with Gasteiger partial charge in [-0.25, -0.2) is 8.42 Å². The molecule has 6 heteroatoms. The molecule has 0 fully saturated rings. The van der Waals surface area contributed by atoms with Crippen molar-refractivity contribution in [1.82, 2.24) is 0 Å². The standard InChI is InChI=1S/C22H23NO4S/c1-3-26-20-13-11-17(14-21(20)27-4-2)28(24,25)23-19-12-10-16-9-8-15-6-5-7-18(19)22(15)16/h5-7,10-14,23H,3-4,8-9H2,1-2H3. The van der Waals surface area contributed by atoms with Crippen LogP contribution in [0.3, 0.4) is 0 Å². The van der Waals surface area contributed by atoms with Crippen LogP contribution in [0.1, 0.15) is 25.0 Å². The smallest absolute Gasteiger partial charge is 0.262 e. The van der Waals surface area contributed by atoms with Crippen LogP contribution < -0.4 is 14.2 Å². The average molecular weight is 397 g/mol. The third-order valence-electron chi connectivity index (χ3n) is 4.95. The molecular formula is C22H23NO4S. The van der Waals surface area contributed by atoms with E-state index in [0.717, 1.165) is 18.2 Å². The van der Waals surface area contributed by atoms with Crippen molar-refractivity contribution in [1.29, 1.82) is 0 Å². The summed E-state index contributed by atoms with van der Waals surface area (Å²) in [5.74, 6) is 0.960. The van der Waals surface area contributed by atoms with Crippen LogP contribution in [0, 0.1) is 0 Å². The Kier molecular flexibility index (Phi) is 4.89. The van der Waals surface area contributed by atoms with Gasteiger partial charge in [0.2, 0.25) is 0 Å². The number of benzene rings is 3. The molecule has 0 radical (unpaired) electrons. The molecule has 0 bridgehead atoms. The Balaban J connectivity index is 1.73. The Morgan fingerprint density at radius 2 is 1.61 bits per heavy atom. The molecule has 5 nitrogen and oxygen atoms in total. The van der Waals surface area contributed by atoms with Gasteiger partial charge in [-0.05, 0) is 61.4 Å². The summed E-state index contributed by atoms with van der Waals surface area (Å²) in [5.41, 5.74) is 3.14. The largest absolute Gasteiger partial charge is 0.490 e. The minimum absolute atomic E-state index is 0.141. The third kappa shape index (κ3) is 3.29. The van der Waals surface area contributed by atoms with Gasteiger partial charge in [0.1, 0.15) is 0 Å². The number of nitrogens with one attached hydrogen (secondary N) is 1. The van der Waals surface area contributed by atoms with E-state index in [1.165, 1.54) is 28.6 Å². The van der Waals surface area contributed by atoms with Crippen LogP contribution in [0.15, 0.2) is 53.4 Å². The maximum atomic E-state index is 13.0. The van der Waals surface area contributed by atoms with Gasteiger partial charge in [-0.15, -0.1) is 0 Å². The molecule has 4 rings (SSSR count). The predicted molar refractivity (Wildman–Crippen MR) is 111 cm³/mol. The van der Waals surface area contributed by atoms with Crippen molar-refractivity contribution in [2.24, 2.45) is 0 Å². The topological polar surface area (TPSA) is 64.6 Å². The summed E-state index contributed by atoms with van der Waals surface area (Å²) in [4.78, 5) is 0.141. The molecule has 1 aliphatic carbocycles. The Hall–Kier alpha value is -2.73. The monoisotopic (exact) mass is 397 g/mol. The van der Waals surface area contributed by atoms with Gasteiger partial charge in [-0.2, -0.15) is 0 Å². The number of aryl methyl sites for hydroxylation is 2. The molecule has 0 unspecified atom stereocenters. The van der Waals surface area contributed by atoms with Gasteiger partial charge in [0.25, 0.3) is 10.0 Å². The zero-order valence-electron chi connectivity index (χ0n) is 16.0. The number of anilines is 1. The fraction of sp³-hybridized carbons (Fsp3) is 0.273. The lowest BCUT2D eigenvalue weighted by Gasteiger charge is -2.15. The minimum Gasteiger partial charge on any atom is -0.490 e. The molecule has 0 atom stereocenters. The zero-order chi connectivity index (χ0) is 19.7. The van der Waals surface area contributed by atoms with E-state index in [0.29, 0.717) is 30.4 Å². The van der Waals surface area contributed by atoms with E-state index in [1.54, 1.807) is 6.07 Å². The predicted octanol–water partition coefficient (Wildman–Crippen LogP) is 4.54. The van der Waals surface area contributed by atoms with E-state index < -0.39 is 10.0 Å². The number of hydrogen-bond acceptors (Lipinski definition) is 4. The lowest BCUT2D eigenvalue weighted by Crippen LogP contribution is -2.13. The van der Waals surface area contributed by atoms with Crippen LogP contribution in [0.2, 0.25) is 0 Å². The molecule has 0 heterocycles. The van der Waals surface area contributed by atoms with E-state index >= 15 is 0 Å². The van der Waals surface area contributed by atoms with Gasteiger partial charge in [-0.1, -0.05) is 24.3 Å². The lowest BCUT2D eigenvalue weighted by molar-refractivity contribution is 0.287. The summed E-state index contributed by atoms with van der Waals surface area (Å²) < 4.78 is 39.9. The van der Waals surface area contributed by atoms with Crippen molar-refractivity contribution in [2.75, 3.05) is 17.9 Å². The summed E-state index contributed by atoms with van der Waals surface area (Å²) in [6.45, 7) is 4.62. The minimum atomic E-state index is -3.77. The highest BCUT2D eigenvalue weighted by atomic mass is 32.2.